The Balaban J connectivity index is 2.58. The van der Waals surface area contributed by atoms with E-state index in [1.807, 2.05) is 18.7 Å². The number of nitrogens with two attached hydrogens (primary N) is 1. The first-order chi connectivity index (χ1) is 6.20. The van der Waals surface area contributed by atoms with Crippen molar-refractivity contribution in [1.82, 2.24) is 4.90 Å². The van der Waals surface area contributed by atoms with Crippen LogP contribution in [0.3, 0.4) is 0 Å². The summed E-state index contributed by atoms with van der Waals surface area (Å²) in [5, 5.41) is 0. The Morgan fingerprint density at radius 1 is 1.77 bits per heavy atom. The van der Waals surface area contributed by atoms with Gasteiger partial charge in [0, 0.05) is 19.5 Å². The lowest BCUT2D eigenvalue weighted by Crippen LogP contribution is -2.41. The molecule has 0 aliphatic carbocycles. The lowest BCUT2D eigenvalue weighted by Gasteiger charge is -2.25. The Morgan fingerprint density at radius 2 is 2.46 bits per heavy atom. The second kappa shape index (κ2) is 4.42. The Labute approximate surface area is 79.6 Å². The van der Waals surface area contributed by atoms with E-state index < -0.39 is 0 Å². The van der Waals surface area contributed by atoms with Crippen LogP contribution in [-0.2, 0) is 4.79 Å². The van der Waals surface area contributed by atoms with Crippen LogP contribution in [0.25, 0.3) is 0 Å². The van der Waals surface area contributed by atoms with E-state index in [9.17, 15) is 4.79 Å². The highest BCUT2D eigenvalue weighted by atomic mass is 16.2. The summed E-state index contributed by atoms with van der Waals surface area (Å²) < 4.78 is 0. The van der Waals surface area contributed by atoms with Gasteiger partial charge in [-0.25, -0.2) is 0 Å². The minimum absolute atomic E-state index is 0.152. The van der Waals surface area contributed by atoms with Gasteiger partial charge in [-0.2, -0.15) is 0 Å². The maximum Gasteiger partial charge on any atom is 0.223 e. The van der Waals surface area contributed by atoms with Crippen molar-refractivity contribution in [2.24, 2.45) is 5.73 Å². The standard InChI is InChI=1S/C10H18N2O/c1-3-4-10(13)12-6-5-8(2)9(12)7-11/h5,9H,3-4,6-7,11H2,1-2H3. The molecule has 0 fully saturated rings. The highest BCUT2D eigenvalue weighted by Crippen LogP contribution is 2.18. The van der Waals surface area contributed by atoms with Crippen LogP contribution in [0.15, 0.2) is 11.6 Å². The first kappa shape index (κ1) is 10.3. The van der Waals surface area contributed by atoms with Gasteiger partial charge < -0.3 is 10.6 Å². The molecule has 1 unspecified atom stereocenters. The van der Waals surface area contributed by atoms with E-state index in [0.29, 0.717) is 13.0 Å². The van der Waals surface area contributed by atoms with Gasteiger partial charge >= 0.3 is 0 Å². The van der Waals surface area contributed by atoms with Gasteiger partial charge in [-0.1, -0.05) is 18.6 Å². The molecule has 0 spiro atoms. The first-order valence-electron chi connectivity index (χ1n) is 4.86. The van der Waals surface area contributed by atoms with Crippen LogP contribution in [0, 0.1) is 0 Å². The molecular weight excluding hydrogens is 164 g/mol. The van der Waals surface area contributed by atoms with Crippen molar-refractivity contribution >= 4 is 5.91 Å². The van der Waals surface area contributed by atoms with Gasteiger partial charge in [-0.3, -0.25) is 4.79 Å². The molecule has 2 N–H and O–H groups in total. The quantitative estimate of drug-likeness (QED) is 0.659. The molecule has 1 rings (SSSR count). The van der Waals surface area contributed by atoms with Crippen molar-refractivity contribution in [3.8, 4) is 0 Å². The fraction of sp³-hybridized carbons (Fsp3) is 0.700. The summed E-state index contributed by atoms with van der Waals surface area (Å²) in [6.45, 7) is 5.34. The Morgan fingerprint density at radius 3 is 3.00 bits per heavy atom. The van der Waals surface area contributed by atoms with E-state index >= 15 is 0 Å². The number of carbonyl (C=O) groups excluding carboxylic acids is 1. The molecule has 0 saturated carbocycles. The third-order valence-corrected chi connectivity index (χ3v) is 2.52. The summed E-state index contributed by atoms with van der Waals surface area (Å²) in [6, 6.07) is 0.152. The molecule has 0 saturated heterocycles. The maximum absolute atomic E-state index is 11.6. The molecule has 3 nitrogen and oxygen atoms in total. The lowest BCUT2D eigenvalue weighted by molar-refractivity contribution is -0.131. The Hall–Kier alpha value is -0.830. The van der Waals surface area contributed by atoms with Crippen molar-refractivity contribution in [3.63, 3.8) is 0 Å². The van der Waals surface area contributed by atoms with E-state index in [1.54, 1.807) is 0 Å². The van der Waals surface area contributed by atoms with Gasteiger partial charge in [0.2, 0.25) is 5.91 Å². The van der Waals surface area contributed by atoms with Crippen LogP contribution in [0.1, 0.15) is 26.7 Å². The second-order valence-corrected chi connectivity index (χ2v) is 3.50. The molecule has 1 atom stereocenters. The number of amides is 1. The third-order valence-electron chi connectivity index (χ3n) is 2.52. The van der Waals surface area contributed by atoms with Gasteiger partial charge in [0.1, 0.15) is 0 Å². The summed E-state index contributed by atoms with van der Waals surface area (Å²) >= 11 is 0. The number of hydrogen-bond donors (Lipinski definition) is 1. The highest BCUT2D eigenvalue weighted by Gasteiger charge is 2.26. The van der Waals surface area contributed by atoms with Crippen molar-refractivity contribution in [2.75, 3.05) is 13.1 Å². The fourth-order valence-electron chi connectivity index (χ4n) is 1.70. The molecule has 1 heterocycles. The minimum Gasteiger partial charge on any atom is -0.331 e. The third kappa shape index (κ3) is 2.10. The SMILES string of the molecule is CCCC(=O)N1CC=C(C)C1CN. The zero-order valence-electron chi connectivity index (χ0n) is 8.42. The monoisotopic (exact) mass is 182 g/mol. The molecule has 3 heteroatoms. The molecule has 0 bridgehead atoms. The van der Waals surface area contributed by atoms with Crippen molar-refractivity contribution in [2.45, 2.75) is 32.7 Å². The topological polar surface area (TPSA) is 46.3 Å². The summed E-state index contributed by atoms with van der Waals surface area (Å²) in [4.78, 5) is 13.5. The molecule has 0 aromatic rings. The van der Waals surface area contributed by atoms with Gasteiger partial charge in [0.15, 0.2) is 0 Å². The Kier molecular flexibility index (Phi) is 3.48. The predicted molar refractivity (Wildman–Crippen MR) is 53.2 cm³/mol. The fourth-order valence-corrected chi connectivity index (χ4v) is 1.70. The average molecular weight is 182 g/mol. The van der Waals surface area contributed by atoms with Crippen molar-refractivity contribution in [1.29, 1.82) is 0 Å². The second-order valence-electron chi connectivity index (χ2n) is 3.50. The highest BCUT2D eigenvalue weighted by molar-refractivity contribution is 5.77. The van der Waals surface area contributed by atoms with E-state index in [2.05, 4.69) is 6.08 Å². The number of hydrogen-bond acceptors (Lipinski definition) is 2. The average Bonchev–Trinajstić information content (AvgIpc) is 2.47. The number of carbonyl (C=O) groups is 1. The van der Waals surface area contributed by atoms with Crippen molar-refractivity contribution < 1.29 is 4.79 Å². The maximum atomic E-state index is 11.6. The zero-order valence-corrected chi connectivity index (χ0v) is 8.42. The number of nitrogens with zero attached hydrogens (tertiary/aromatic N) is 1. The molecule has 0 radical (unpaired) electrons. The van der Waals surface area contributed by atoms with Crippen LogP contribution < -0.4 is 5.73 Å². The number of rotatable bonds is 3. The molecule has 1 aliphatic heterocycles. The summed E-state index contributed by atoms with van der Waals surface area (Å²) in [5.41, 5.74) is 6.84. The van der Waals surface area contributed by atoms with Crippen LogP contribution in [0.5, 0.6) is 0 Å². The molecule has 1 amide bonds. The molecular formula is C10H18N2O. The summed E-state index contributed by atoms with van der Waals surface area (Å²) in [7, 11) is 0. The van der Waals surface area contributed by atoms with E-state index in [4.69, 9.17) is 5.73 Å². The molecule has 74 valence electrons. The zero-order chi connectivity index (χ0) is 9.84. The van der Waals surface area contributed by atoms with E-state index in [0.717, 1.165) is 13.0 Å². The lowest BCUT2D eigenvalue weighted by atomic mass is 10.1. The van der Waals surface area contributed by atoms with Crippen LogP contribution >= 0.6 is 0 Å². The largest absolute Gasteiger partial charge is 0.331 e. The molecule has 0 aromatic heterocycles. The van der Waals surface area contributed by atoms with Crippen molar-refractivity contribution in [3.05, 3.63) is 11.6 Å². The Bertz CT molecular complexity index is 223. The molecule has 1 aliphatic rings. The normalized spacial score (nSPS) is 21.9. The molecule has 13 heavy (non-hydrogen) atoms. The first-order valence-corrected chi connectivity index (χ1v) is 4.86. The van der Waals surface area contributed by atoms with Crippen LogP contribution in [-0.4, -0.2) is 29.9 Å². The molecule has 0 aromatic carbocycles. The summed E-state index contributed by atoms with van der Waals surface area (Å²) in [5.74, 6) is 0.228. The van der Waals surface area contributed by atoms with E-state index in [-0.39, 0.29) is 11.9 Å². The van der Waals surface area contributed by atoms with Gasteiger partial charge in [0.25, 0.3) is 0 Å². The summed E-state index contributed by atoms with van der Waals surface area (Å²) in [6.07, 6.45) is 3.63. The minimum atomic E-state index is 0.152. The van der Waals surface area contributed by atoms with Crippen LogP contribution in [0.2, 0.25) is 0 Å². The smallest absolute Gasteiger partial charge is 0.223 e. The van der Waals surface area contributed by atoms with E-state index in [1.165, 1.54) is 5.57 Å². The van der Waals surface area contributed by atoms with Gasteiger partial charge in [-0.15, -0.1) is 0 Å². The van der Waals surface area contributed by atoms with Gasteiger partial charge in [0.05, 0.1) is 6.04 Å². The predicted octanol–water partition coefficient (Wildman–Crippen LogP) is 0.902. The van der Waals surface area contributed by atoms with Crippen LogP contribution in [0.4, 0.5) is 0 Å². The van der Waals surface area contributed by atoms with Gasteiger partial charge in [-0.05, 0) is 13.3 Å².